The number of nitrogens with zero attached hydrogens (tertiary/aromatic N) is 4. The molecule has 3 aromatic rings. The zero-order valence-corrected chi connectivity index (χ0v) is 24.2. The highest BCUT2D eigenvalue weighted by Gasteiger charge is 2.38. The van der Waals surface area contributed by atoms with E-state index in [2.05, 4.69) is 14.8 Å². The van der Waals surface area contributed by atoms with Gasteiger partial charge in [0.05, 0.1) is 22.5 Å². The largest absolute Gasteiger partial charge is 0.490 e. The van der Waals surface area contributed by atoms with Crippen molar-refractivity contribution in [3.8, 4) is 0 Å². The minimum atomic E-state index is -5.08. The molecular weight excluding hydrogens is 567 g/mol. The molecule has 0 saturated carbocycles. The van der Waals surface area contributed by atoms with Crippen LogP contribution in [0.1, 0.15) is 44.9 Å². The molecule has 0 amide bonds. The maximum Gasteiger partial charge on any atom is 0.490 e. The molecule has 0 fully saturated rings. The number of benzene rings is 1. The molecule has 3 N–H and O–H groups in total. The van der Waals surface area contributed by atoms with Crippen molar-refractivity contribution in [3.05, 3.63) is 64.1 Å². The van der Waals surface area contributed by atoms with Gasteiger partial charge in [0.15, 0.2) is 0 Å². The standard InChI is InChI=1S/C24H31N5O4S.C2HF3O2/c1-15-10-16(2)12-20(11-15)34(32,33)27-19-13-22(24(30)31)23(25-14-19)28(5)9-7-8-21-17(3)26-29(6)18(21)4;3-2(4,5)1(6)7/h10-14,27H,7-9H2,1-6H3,(H,30,31);(H,6,7). The topological polar surface area (TPSA) is 155 Å². The molecule has 2 heterocycles. The maximum atomic E-state index is 12.8. The number of carboxylic acid groups (broad SMARTS) is 2. The summed E-state index contributed by atoms with van der Waals surface area (Å²) >= 11 is 0. The minimum Gasteiger partial charge on any atom is -0.478 e. The third-order valence-corrected chi connectivity index (χ3v) is 7.40. The van der Waals surface area contributed by atoms with Gasteiger partial charge < -0.3 is 15.1 Å². The lowest BCUT2D eigenvalue weighted by molar-refractivity contribution is -0.192. The number of alkyl halides is 3. The van der Waals surface area contributed by atoms with E-state index >= 15 is 0 Å². The second-order valence-corrected chi connectivity index (χ2v) is 11.1. The fourth-order valence-electron chi connectivity index (χ4n) is 4.06. The summed E-state index contributed by atoms with van der Waals surface area (Å²) in [5.74, 6) is -3.66. The molecule has 2 aromatic heterocycles. The van der Waals surface area contributed by atoms with Crippen molar-refractivity contribution in [2.45, 2.75) is 51.6 Å². The first-order chi connectivity index (χ1) is 18.8. The molecule has 0 atom stereocenters. The van der Waals surface area contributed by atoms with Crippen LogP contribution < -0.4 is 9.62 Å². The number of aliphatic carboxylic acids is 1. The summed E-state index contributed by atoms with van der Waals surface area (Å²) in [6, 6.07) is 6.31. The van der Waals surface area contributed by atoms with Crippen LogP contribution in [0.3, 0.4) is 0 Å². The van der Waals surface area contributed by atoms with Crippen molar-refractivity contribution >= 4 is 33.5 Å². The normalized spacial score (nSPS) is 11.4. The van der Waals surface area contributed by atoms with Crippen molar-refractivity contribution in [2.24, 2.45) is 7.05 Å². The molecule has 0 unspecified atom stereocenters. The molecule has 0 aliphatic heterocycles. The fourth-order valence-corrected chi connectivity index (χ4v) is 5.28. The molecule has 11 nitrogen and oxygen atoms in total. The van der Waals surface area contributed by atoms with Gasteiger partial charge in [0, 0.05) is 26.3 Å². The monoisotopic (exact) mass is 599 g/mol. The number of carbonyl (C=O) groups is 2. The Kier molecular flexibility index (Phi) is 10.5. The first-order valence-corrected chi connectivity index (χ1v) is 13.7. The van der Waals surface area contributed by atoms with Gasteiger partial charge in [0.25, 0.3) is 10.0 Å². The second-order valence-electron chi connectivity index (χ2n) is 9.43. The molecule has 0 bridgehead atoms. The van der Waals surface area contributed by atoms with Crippen molar-refractivity contribution in [3.63, 3.8) is 0 Å². The molecule has 41 heavy (non-hydrogen) atoms. The number of aryl methyl sites for hydroxylation is 4. The van der Waals surface area contributed by atoms with E-state index in [9.17, 15) is 31.5 Å². The lowest BCUT2D eigenvalue weighted by Crippen LogP contribution is -2.23. The average molecular weight is 600 g/mol. The van der Waals surface area contributed by atoms with Crippen molar-refractivity contribution in [2.75, 3.05) is 23.2 Å². The molecule has 0 radical (unpaired) electrons. The Labute approximate surface area is 235 Å². The van der Waals surface area contributed by atoms with Crippen molar-refractivity contribution in [1.82, 2.24) is 14.8 Å². The summed E-state index contributed by atoms with van der Waals surface area (Å²) < 4.78 is 61.7. The lowest BCUT2D eigenvalue weighted by atomic mass is 10.1. The summed E-state index contributed by atoms with van der Waals surface area (Å²) in [4.78, 5) is 27.0. The number of rotatable bonds is 9. The molecular formula is C26H32F3N5O6S. The highest BCUT2D eigenvalue weighted by Crippen LogP contribution is 2.24. The number of anilines is 2. The highest BCUT2D eigenvalue weighted by molar-refractivity contribution is 7.92. The predicted molar refractivity (Wildman–Crippen MR) is 146 cm³/mol. The Balaban J connectivity index is 0.000000745. The molecule has 0 aliphatic rings. The summed E-state index contributed by atoms with van der Waals surface area (Å²) in [6.45, 7) is 8.22. The number of nitrogens with one attached hydrogen (secondary N) is 1. The van der Waals surface area contributed by atoms with Gasteiger partial charge in [-0.05, 0) is 75.4 Å². The Morgan fingerprint density at radius 3 is 2.07 bits per heavy atom. The van der Waals surface area contributed by atoms with Crippen LogP contribution in [0.15, 0.2) is 35.4 Å². The second kappa shape index (κ2) is 13.0. The van der Waals surface area contributed by atoms with Crippen LogP contribution in [0.25, 0.3) is 0 Å². The van der Waals surface area contributed by atoms with E-state index in [4.69, 9.17) is 9.90 Å². The molecule has 1 aromatic carbocycles. The lowest BCUT2D eigenvalue weighted by Gasteiger charge is -2.21. The summed E-state index contributed by atoms with van der Waals surface area (Å²) in [7, 11) is -0.201. The summed E-state index contributed by atoms with van der Waals surface area (Å²) in [5.41, 5.74) is 4.96. The number of halogens is 3. The summed E-state index contributed by atoms with van der Waals surface area (Å²) in [5, 5.41) is 21.3. The molecule has 0 spiro atoms. The molecule has 0 saturated heterocycles. The van der Waals surface area contributed by atoms with Gasteiger partial charge in [-0.1, -0.05) is 6.07 Å². The van der Waals surface area contributed by atoms with E-state index < -0.39 is 28.1 Å². The van der Waals surface area contributed by atoms with Gasteiger partial charge in [-0.25, -0.2) is 23.0 Å². The van der Waals surface area contributed by atoms with Crippen LogP contribution in [0.4, 0.5) is 24.7 Å². The first kappa shape index (κ1) is 33.1. The zero-order chi connectivity index (χ0) is 31.3. The fraction of sp³-hybridized carbons (Fsp3) is 0.385. The number of sulfonamides is 1. The molecule has 224 valence electrons. The minimum absolute atomic E-state index is 0.0724. The number of aromatic carboxylic acids is 1. The van der Waals surface area contributed by atoms with Gasteiger partial charge in [0.2, 0.25) is 0 Å². The van der Waals surface area contributed by atoms with Crippen molar-refractivity contribution < 1.29 is 41.4 Å². The van der Waals surface area contributed by atoms with Gasteiger partial charge in [-0.3, -0.25) is 9.40 Å². The van der Waals surface area contributed by atoms with Crippen LogP contribution >= 0.6 is 0 Å². The highest BCUT2D eigenvalue weighted by atomic mass is 32.2. The number of carboxylic acids is 2. The third kappa shape index (κ3) is 8.93. The van der Waals surface area contributed by atoms with E-state index in [1.807, 2.05) is 45.5 Å². The van der Waals surface area contributed by atoms with Gasteiger partial charge in [-0.15, -0.1) is 0 Å². The number of hydrogen-bond acceptors (Lipinski definition) is 7. The van der Waals surface area contributed by atoms with E-state index in [0.717, 1.165) is 35.4 Å². The summed E-state index contributed by atoms with van der Waals surface area (Å²) in [6.07, 6.45) is -2.15. The molecule has 0 aliphatic carbocycles. The number of hydrogen-bond donors (Lipinski definition) is 3. The van der Waals surface area contributed by atoms with Gasteiger partial charge in [-0.2, -0.15) is 18.3 Å². The van der Waals surface area contributed by atoms with Crippen LogP contribution in [0.5, 0.6) is 0 Å². The van der Waals surface area contributed by atoms with E-state index in [1.54, 1.807) is 24.1 Å². The van der Waals surface area contributed by atoms with Crippen LogP contribution in [0, 0.1) is 27.7 Å². The Morgan fingerprint density at radius 1 is 1.05 bits per heavy atom. The first-order valence-electron chi connectivity index (χ1n) is 12.2. The van der Waals surface area contributed by atoms with E-state index in [-0.39, 0.29) is 22.0 Å². The number of aromatic nitrogens is 3. The van der Waals surface area contributed by atoms with Crippen LogP contribution in [-0.2, 0) is 28.3 Å². The molecule has 3 rings (SSSR count). The van der Waals surface area contributed by atoms with Crippen molar-refractivity contribution in [1.29, 1.82) is 0 Å². The smallest absolute Gasteiger partial charge is 0.478 e. The Bertz CT molecular complexity index is 1520. The van der Waals surface area contributed by atoms with Crippen LogP contribution in [0.2, 0.25) is 0 Å². The third-order valence-electron chi connectivity index (χ3n) is 6.04. The quantitative estimate of drug-likeness (QED) is 0.327. The Hall–Kier alpha value is -4.14. The van der Waals surface area contributed by atoms with Crippen LogP contribution in [-0.4, -0.2) is 65.1 Å². The number of pyridine rings is 1. The van der Waals surface area contributed by atoms with E-state index in [0.29, 0.717) is 6.54 Å². The Morgan fingerprint density at radius 2 is 1.61 bits per heavy atom. The SMILES string of the molecule is Cc1cc(C)cc(S(=O)(=O)Nc2cnc(N(C)CCCc3c(C)nn(C)c3C)c(C(=O)O)c2)c1.O=C(O)C(F)(F)F. The average Bonchev–Trinajstić information content (AvgIpc) is 3.08. The zero-order valence-electron chi connectivity index (χ0n) is 23.4. The molecule has 15 heteroatoms. The van der Waals surface area contributed by atoms with Gasteiger partial charge >= 0.3 is 18.1 Å². The van der Waals surface area contributed by atoms with E-state index in [1.165, 1.54) is 17.8 Å². The van der Waals surface area contributed by atoms with Gasteiger partial charge in [0.1, 0.15) is 11.4 Å². The maximum absolute atomic E-state index is 12.8. The predicted octanol–water partition coefficient (Wildman–Crippen LogP) is 4.25.